The maximum Gasteiger partial charge on any atom is 0.305 e. The van der Waals surface area contributed by atoms with Gasteiger partial charge in [-0.3, -0.25) is 4.79 Å². The highest BCUT2D eigenvalue weighted by atomic mass is 16.4. The Balaban J connectivity index is 2.02. The van der Waals surface area contributed by atoms with Crippen molar-refractivity contribution in [1.29, 1.82) is 0 Å². The van der Waals surface area contributed by atoms with Gasteiger partial charge in [-0.2, -0.15) is 0 Å². The molecule has 0 saturated heterocycles. The van der Waals surface area contributed by atoms with E-state index in [4.69, 9.17) is 5.11 Å². The third-order valence-electron chi connectivity index (χ3n) is 3.51. The number of carbonyl (C=O) groups is 1. The molecule has 94 valence electrons. The first-order valence-electron chi connectivity index (χ1n) is 6.27. The van der Waals surface area contributed by atoms with Gasteiger partial charge in [0.25, 0.3) is 0 Å². The van der Waals surface area contributed by atoms with E-state index in [1.54, 1.807) is 0 Å². The Morgan fingerprint density at radius 2 is 2.12 bits per heavy atom. The summed E-state index contributed by atoms with van der Waals surface area (Å²) >= 11 is 0. The zero-order chi connectivity index (χ0) is 12.3. The lowest BCUT2D eigenvalue weighted by atomic mass is 10.0. The van der Waals surface area contributed by atoms with Crippen LogP contribution in [0.5, 0.6) is 0 Å². The van der Waals surface area contributed by atoms with E-state index in [-0.39, 0.29) is 6.42 Å². The Morgan fingerprint density at radius 3 is 2.76 bits per heavy atom. The summed E-state index contributed by atoms with van der Waals surface area (Å²) in [4.78, 5) is 10.6. The van der Waals surface area contributed by atoms with E-state index >= 15 is 0 Å². The first kappa shape index (κ1) is 12.1. The molecule has 1 aromatic rings. The fourth-order valence-electron chi connectivity index (χ4n) is 2.55. The zero-order valence-corrected chi connectivity index (χ0v) is 10.2. The molecule has 1 heterocycles. The zero-order valence-electron chi connectivity index (χ0n) is 10.2. The van der Waals surface area contributed by atoms with Crippen LogP contribution in [0.4, 0.5) is 0 Å². The summed E-state index contributed by atoms with van der Waals surface area (Å²) in [7, 11) is 0. The highest BCUT2D eigenvalue weighted by Crippen LogP contribution is 2.27. The highest BCUT2D eigenvalue weighted by molar-refractivity contribution is 5.66. The second kappa shape index (κ2) is 5.29. The fourth-order valence-corrected chi connectivity index (χ4v) is 2.55. The molecule has 0 aliphatic heterocycles. The molecule has 0 unspecified atom stereocenters. The third kappa shape index (κ3) is 3.05. The van der Waals surface area contributed by atoms with Crippen molar-refractivity contribution in [3.05, 3.63) is 11.6 Å². The molecule has 1 aromatic heterocycles. The van der Waals surface area contributed by atoms with E-state index in [0.717, 1.165) is 18.1 Å². The first-order chi connectivity index (χ1) is 8.16. The first-order valence-corrected chi connectivity index (χ1v) is 6.27. The van der Waals surface area contributed by atoms with E-state index in [0.29, 0.717) is 12.5 Å². The summed E-state index contributed by atoms with van der Waals surface area (Å²) < 4.78 is 1.95. The van der Waals surface area contributed by atoms with Crippen molar-refractivity contribution in [2.24, 2.45) is 5.92 Å². The second-order valence-corrected chi connectivity index (χ2v) is 4.81. The fraction of sp³-hybridized carbons (Fsp3) is 0.750. The average Bonchev–Trinajstić information content (AvgIpc) is 2.88. The van der Waals surface area contributed by atoms with E-state index in [2.05, 4.69) is 10.2 Å². The van der Waals surface area contributed by atoms with Crippen LogP contribution in [0.2, 0.25) is 0 Å². The molecular formula is C12H19N3O2. The molecule has 17 heavy (non-hydrogen) atoms. The molecule has 0 amide bonds. The van der Waals surface area contributed by atoms with Gasteiger partial charge in [0.1, 0.15) is 11.6 Å². The van der Waals surface area contributed by atoms with Crippen molar-refractivity contribution in [3.63, 3.8) is 0 Å². The van der Waals surface area contributed by atoms with Crippen LogP contribution in [0.1, 0.15) is 43.8 Å². The Morgan fingerprint density at radius 1 is 1.41 bits per heavy atom. The lowest BCUT2D eigenvalue weighted by Crippen LogP contribution is -2.12. The van der Waals surface area contributed by atoms with Crippen molar-refractivity contribution >= 4 is 5.97 Å². The van der Waals surface area contributed by atoms with Crippen LogP contribution in [0.15, 0.2) is 0 Å². The predicted octanol–water partition coefficient (Wildman–Crippen LogP) is 1.79. The largest absolute Gasteiger partial charge is 0.481 e. The molecule has 0 radical (unpaired) electrons. The quantitative estimate of drug-likeness (QED) is 0.847. The normalized spacial score (nSPS) is 16.5. The van der Waals surface area contributed by atoms with Crippen LogP contribution in [0.25, 0.3) is 0 Å². The maximum atomic E-state index is 10.6. The minimum atomic E-state index is -0.773. The van der Waals surface area contributed by atoms with Crippen LogP contribution in [-0.2, 0) is 17.8 Å². The van der Waals surface area contributed by atoms with Gasteiger partial charge in [0, 0.05) is 13.0 Å². The van der Waals surface area contributed by atoms with E-state index in [1.165, 1.54) is 25.7 Å². The molecular weight excluding hydrogens is 218 g/mol. The number of aliphatic carboxylic acids is 1. The summed E-state index contributed by atoms with van der Waals surface area (Å²) in [5.74, 6) is 1.71. The number of carboxylic acids is 1. The molecule has 0 bridgehead atoms. The lowest BCUT2D eigenvalue weighted by molar-refractivity contribution is -0.137. The topological polar surface area (TPSA) is 68.0 Å². The monoisotopic (exact) mass is 237 g/mol. The molecule has 2 rings (SSSR count). The number of rotatable bonds is 5. The molecule has 1 N–H and O–H groups in total. The van der Waals surface area contributed by atoms with Gasteiger partial charge in [0.15, 0.2) is 0 Å². The van der Waals surface area contributed by atoms with Crippen LogP contribution >= 0.6 is 0 Å². The van der Waals surface area contributed by atoms with Gasteiger partial charge in [-0.1, -0.05) is 25.7 Å². The van der Waals surface area contributed by atoms with E-state index in [9.17, 15) is 4.79 Å². The minimum absolute atomic E-state index is 0.135. The van der Waals surface area contributed by atoms with Crippen LogP contribution in [-0.4, -0.2) is 25.8 Å². The van der Waals surface area contributed by atoms with Crippen molar-refractivity contribution in [3.8, 4) is 0 Å². The van der Waals surface area contributed by atoms with Crippen LogP contribution in [0.3, 0.4) is 0 Å². The number of nitrogens with zero attached hydrogens (tertiary/aromatic N) is 3. The van der Waals surface area contributed by atoms with Gasteiger partial charge >= 0.3 is 5.97 Å². The van der Waals surface area contributed by atoms with Crippen molar-refractivity contribution in [2.75, 3.05) is 0 Å². The summed E-state index contributed by atoms with van der Waals surface area (Å²) in [6, 6.07) is 0. The summed E-state index contributed by atoms with van der Waals surface area (Å²) in [6.45, 7) is 2.36. The summed E-state index contributed by atoms with van der Waals surface area (Å²) in [5.41, 5.74) is 0. The lowest BCUT2D eigenvalue weighted by Gasteiger charge is -2.10. The van der Waals surface area contributed by atoms with Gasteiger partial charge in [-0.25, -0.2) is 0 Å². The molecule has 0 aromatic carbocycles. The average molecular weight is 237 g/mol. The van der Waals surface area contributed by atoms with E-state index in [1.807, 2.05) is 11.5 Å². The number of hydrogen-bond donors (Lipinski definition) is 1. The number of carboxylic acid groups (broad SMARTS) is 1. The van der Waals surface area contributed by atoms with Crippen molar-refractivity contribution < 1.29 is 9.90 Å². The number of hydrogen-bond acceptors (Lipinski definition) is 3. The predicted molar refractivity (Wildman–Crippen MR) is 62.7 cm³/mol. The second-order valence-electron chi connectivity index (χ2n) is 4.81. The van der Waals surface area contributed by atoms with Crippen LogP contribution < -0.4 is 0 Å². The molecule has 0 atom stereocenters. The molecule has 1 aliphatic rings. The third-order valence-corrected chi connectivity index (χ3v) is 3.51. The molecule has 1 fully saturated rings. The molecule has 1 saturated carbocycles. The standard InChI is InChI=1S/C12H19N3O2/c1-9-13-14-11(8-10-4-2-3-5-10)15(9)7-6-12(16)17/h10H,2-8H2,1H3,(H,16,17). The Labute approximate surface area is 101 Å². The van der Waals surface area contributed by atoms with Crippen LogP contribution in [0, 0.1) is 12.8 Å². The molecule has 5 heteroatoms. The molecule has 1 aliphatic carbocycles. The van der Waals surface area contributed by atoms with Gasteiger partial charge in [-0.15, -0.1) is 10.2 Å². The van der Waals surface area contributed by atoms with Gasteiger partial charge in [0.05, 0.1) is 6.42 Å². The number of aryl methyl sites for hydroxylation is 1. The van der Waals surface area contributed by atoms with Crippen molar-refractivity contribution in [1.82, 2.24) is 14.8 Å². The van der Waals surface area contributed by atoms with Crippen molar-refractivity contribution in [2.45, 2.75) is 52.0 Å². The van der Waals surface area contributed by atoms with Gasteiger partial charge in [-0.05, 0) is 12.8 Å². The molecule has 5 nitrogen and oxygen atoms in total. The van der Waals surface area contributed by atoms with Gasteiger partial charge in [0.2, 0.25) is 0 Å². The Bertz CT molecular complexity index is 394. The molecule has 0 spiro atoms. The smallest absolute Gasteiger partial charge is 0.305 e. The number of aromatic nitrogens is 3. The summed E-state index contributed by atoms with van der Waals surface area (Å²) in [5, 5.41) is 17.0. The maximum absolute atomic E-state index is 10.6. The van der Waals surface area contributed by atoms with Gasteiger partial charge < -0.3 is 9.67 Å². The summed E-state index contributed by atoms with van der Waals surface area (Å²) in [6.07, 6.45) is 6.24. The Kier molecular flexibility index (Phi) is 3.76. The Hall–Kier alpha value is -1.39. The SMILES string of the molecule is Cc1nnc(CC2CCCC2)n1CCC(=O)O. The minimum Gasteiger partial charge on any atom is -0.481 e. The highest BCUT2D eigenvalue weighted by Gasteiger charge is 2.19. The van der Waals surface area contributed by atoms with E-state index < -0.39 is 5.97 Å².